The van der Waals surface area contributed by atoms with E-state index in [9.17, 15) is 4.79 Å². The van der Waals surface area contributed by atoms with Gasteiger partial charge in [0.2, 0.25) is 0 Å². The maximum atomic E-state index is 13.0. The number of rotatable bonds is 3. The molecule has 7 nitrogen and oxygen atoms in total. The number of hydrogen-bond donors (Lipinski definition) is 1. The number of nitrogens with two attached hydrogens (primary N) is 1. The van der Waals surface area contributed by atoms with E-state index in [-0.39, 0.29) is 17.4 Å². The van der Waals surface area contributed by atoms with Crippen molar-refractivity contribution in [2.24, 2.45) is 0 Å². The standard InChI is InChI=1S/C23H16ClN5O2/c1-13-6-7-17(31-13)20-19(15-11-14-5-4-8-26-18(14)16(24)12-15)27-21(22(25)28-20)23(30)29-9-2-3-10-29/h2-12H,1H3,(H2,25,28). The molecule has 0 saturated carbocycles. The van der Waals surface area contributed by atoms with E-state index >= 15 is 0 Å². The number of furan rings is 1. The largest absolute Gasteiger partial charge is 0.460 e. The summed E-state index contributed by atoms with van der Waals surface area (Å²) >= 11 is 6.50. The summed E-state index contributed by atoms with van der Waals surface area (Å²) in [5, 5.41) is 1.30. The molecule has 0 aliphatic heterocycles. The minimum absolute atomic E-state index is 0.0139. The molecule has 1 aromatic carbocycles. The van der Waals surface area contributed by atoms with E-state index < -0.39 is 0 Å². The summed E-state index contributed by atoms with van der Waals surface area (Å²) in [5.41, 5.74) is 8.40. The van der Waals surface area contributed by atoms with Gasteiger partial charge in [-0.2, -0.15) is 0 Å². The number of nitrogen functional groups attached to an aromatic ring is 1. The summed E-state index contributed by atoms with van der Waals surface area (Å²) in [6, 6.07) is 14.5. The van der Waals surface area contributed by atoms with Gasteiger partial charge in [0.25, 0.3) is 5.91 Å². The smallest absolute Gasteiger partial charge is 0.284 e. The molecule has 2 N–H and O–H groups in total. The number of hydrogen-bond acceptors (Lipinski definition) is 6. The summed E-state index contributed by atoms with van der Waals surface area (Å²) in [6.07, 6.45) is 4.94. The van der Waals surface area contributed by atoms with E-state index in [1.54, 1.807) is 42.9 Å². The molecule has 8 heteroatoms. The van der Waals surface area contributed by atoms with E-state index in [0.717, 1.165) is 11.1 Å². The first-order chi connectivity index (χ1) is 15.0. The molecule has 0 bridgehead atoms. The van der Waals surface area contributed by atoms with Crippen molar-refractivity contribution in [1.29, 1.82) is 0 Å². The summed E-state index contributed by atoms with van der Waals surface area (Å²) in [4.78, 5) is 26.4. The molecule has 0 saturated heterocycles. The van der Waals surface area contributed by atoms with Crippen molar-refractivity contribution in [1.82, 2.24) is 19.5 Å². The molecule has 0 spiro atoms. The molecule has 0 fully saturated rings. The Balaban J connectivity index is 1.77. The van der Waals surface area contributed by atoms with Crippen LogP contribution >= 0.6 is 11.6 Å². The lowest BCUT2D eigenvalue weighted by Gasteiger charge is -2.12. The van der Waals surface area contributed by atoms with Crippen molar-refractivity contribution in [3.63, 3.8) is 0 Å². The van der Waals surface area contributed by atoms with Crippen LogP contribution in [-0.4, -0.2) is 25.4 Å². The van der Waals surface area contributed by atoms with Crippen LogP contribution in [0, 0.1) is 6.92 Å². The van der Waals surface area contributed by atoms with E-state index in [4.69, 9.17) is 21.8 Å². The Morgan fingerprint density at radius 3 is 2.61 bits per heavy atom. The first kappa shape index (κ1) is 19.0. The van der Waals surface area contributed by atoms with Crippen molar-refractivity contribution in [3.05, 3.63) is 83.6 Å². The Morgan fingerprint density at radius 2 is 1.87 bits per heavy atom. The van der Waals surface area contributed by atoms with Crippen LogP contribution in [0.3, 0.4) is 0 Å². The maximum Gasteiger partial charge on any atom is 0.284 e. The molecular formula is C23H16ClN5O2. The number of anilines is 1. The van der Waals surface area contributed by atoms with Gasteiger partial charge in [0.05, 0.1) is 10.5 Å². The molecule has 152 valence electrons. The lowest BCUT2D eigenvalue weighted by Crippen LogP contribution is -2.16. The Hall–Kier alpha value is -3.97. The normalized spacial score (nSPS) is 11.2. The Labute approximate surface area is 182 Å². The first-order valence-corrected chi connectivity index (χ1v) is 9.85. The highest BCUT2D eigenvalue weighted by atomic mass is 35.5. The van der Waals surface area contributed by atoms with Crippen LogP contribution in [0.25, 0.3) is 33.6 Å². The van der Waals surface area contributed by atoms with Gasteiger partial charge in [-0.05, 0) is 49.4 Å². The van der Waals surface area contributed by atoms with Crippen LogP contribution in [0.15, 0.2) is 71.5 Å². The van der Waals surface area contributed by atoms with Crippen LogP contribution in [-0.2, 0) is 0 Å². The fourth-order valence-corrected chi connectivity index (χ4v) is 3.69. The average Bonchev–Trinajstić information content (AvgIpc) is 3.45. The topological polar surface area (TPSA) is 99.8 Å². The van der Waals surface area contributed by atoms with Gasteiger partial charge < -0.3 is 10.2 Å². The molecule has 0 amide bonds. The van der Waals surface area contributed by atoms with E-state index in [1.807, 2.05) is 31.2 Å². The van der Waals surface area contributed by atoms with Gasteiger partial charge in [-0.25, -0.2) is 9.97 Å². The molecule has 5 rings (SSSR count). The third kappa shape index (κ3) is 3.35. The zero-order valence-corrected chi connectivity index (χ0v) is 17.2. The van der Waals surface area contributed by atoms with Crippen LogP contribution in [0.4, 0.5) is 5.82 Å². The second-order valence-corrected chi connectivity index (χ2v) is 7.40. The highest BCUT2D eigenvalue weighted by molar-refractivity contribution is 6.35. The number of halogens is 1. The van der Waals surface area contributed by atoms with Crippen molar-refractivity contribution >= 4 is 34.2 Å². The molecule has 0 radical (unpaired) electrons. The predicted octanol–water partition coefficient (Wildman–Crippen LogP) is 4.99. The van der Waals surface area contributed by atoms with E-state index in [0.29, 0.717) is 33.3 Å². The van der Waals surface area contributed by atoms with Gasteiger partial charge in [-0.1, -0.05) is 17.7 Å². The Morgan fingerprint density at radius 1 is 1.06 bits per heavy atom. The molecular weight excluding hydrogens is 414 g/mol. The zero-order chi connectivity index (χ0) is 21.5. The Bertz CT molecular complexity index is 1440. The summed E-state index contributed by atoms with van der Waals surface area (Å²) in [7, 11) is 0. The molecule has 4 heterocycles. The van der Waals surface area contributed by atoms with Crippen LogP contribution in [0.1, 0.15) is 16.2 Å². The van der Waals surface area contributed by atoms with E-state index in [2.05, 4.69) is 15.0 Å². The highest BCUT2D eigenvalue weighted by Crippen LogP contribution is 2.35. The quantitative estimate of drug-likeness (QED) is 0.434. The number of carbonyl (C=O) groups excluding carboxylic acids is 1. The lowest BCUT2D eigenvalue weighted by molar-refractivity contribution is 0.0956. The van der Waals surface area contributed by atoms with Crippen LogP contribution in [0.5, 0.6) is 0 Å². The number of carbonyl (C=O) groups is 1. The number of fused-ring (bicyclic) bond motifs is 1. The second-order valence-electron chi connectivity index (χ2n) is 6.99. The fraction of sp³-hybridized carbons (Fsp3) is 0.0435. The third-order valence-electron chi connectivity index (χ3n) is 4.87. The van der Waals surface area contributed by atoms with Crippen LogP contribution in [0.2, 0.25) is 5.02 Å². The molecule has 0 aliphatic carbocycles. The maximum absolute atomic E-state index is 13.0. The lowest BCUT2D eigenvalue weighted by atomic mass is 10.0. The van der Waals surface area contributed by atoms with Crippen molar-refractivity contribution in [2.75, 3.05) is 5.73 Å². The van der Waals surface area contributed by atoms with Gasteiger partial charge in [0.15, 0.2) is 17.3 Å². The SMILES string of the molecule is Cc1ccc(-c2nc(N)c(C(=O)n3cccc3)nc2-c2cc(Cl)c3ncccc3c2)o1. The van der Waals surface area contributed by atoms with Crippen molar-refractivity contribution < 1.29 is 9.21 Å². The third-order valence-corrected chi connectivity index (χ3v) is 5.16. The minimum Gasteiger partial charge on any atom is -0.460 e. The number of aryl methyl sites for hydroxylation is 1. The molecule has 0 unspecified atom stereocenters. The molecule has 0 aliphatic rings. The first-order valence-electron chi connectivity index (χ1n) is 9.48. The van der Waals surface area contributed by atoms with Crippen molar-refractivity contribution in [2.45, 2.75) is 6.92 Å². The van der Waals surface area contributed by atoms with E-state index in [1.165, 1.54) is 4.57 Å². The average molecular weight is 430 g/mol. The fourth-order valence-electron chi connectivity index (χ4n) is 3.42. The molecule has 4 aromatic heterocycles. The summed E-state index contributed by atoms with van der Waals surface area (Å²) < 4.78 is 7.18. The van der Waals surface area contributed by atoms with Gasteiger partial charge in [-0.15, -0.1) is 0 Å². The van der Waals surface area contributed by atoms with Gasteiger partial charge in [0.1, 0.15) is 17.1 Å². The van der Waals surface area contributed by atoms with Gasteiger partial charge in [0, 0.05) is 29.5 Å². The number of aromatic nitrogens is 4. The molecule has 31 heavy (non-hydrogen) atoms. The zero-order valence-electron chi connectivity index (χ0n) is 16.4. The number of pyridine rings is 1. The minimum atomic E-state index is -0.382. The number of nitrogens with zero attached hydrogens (tertiary/aromatic N) is 4. The highest BCUT2D eigenvalue weighted by Gasteiger charge is 2.23. The molecule has 0 atom stereocenters. The summed E-state index contributed by atoms with van der Waals surface area (Å²) in [6.45, 7) is 1.84. The van der Waals surface area contributed by atoms with Gasteiger partial charge in [-0.3, -0.25) is 14.3 Å². The Kier molecular flexibility index (Phi) is 4.52. The van der Waals surface area contributed by atoms with Crippen LogP contribution < -0.4 is 5.73 Å². The summed E-state index contributed by atoms with van der Waals surface area (Å²) in [5.74, 6) is 0.843. The van der Waals surface area contributed by atoms with Crippen molar-refractivity contribution in [3.8, 4) is 22.7 Å². The monoisotopic (exact) mass is 429 g/mol. The second kappa shape index (κ2) is 7.37. The van der Waals surface area contributed by atoms with Gasteiger partial charge >= 0.3 is 0 Å². The number of benzene rings is 1. The molecule has 5 aromatic rings. The predicted molar refractivity (Wildman–Crippen MR) is 119 cm³/mol.